The van der Waals surface area contributed by atoms with Gasteiger partial charge in [0.1, 0.15) is 11.1 Å². The van der Waals surface area contributed by atoms with Crippen LogP contribution >= 0.6 is 23.1 Å². The number of benzene rings is 1. The van der Waals surface area contributed by atoms with Crippen LogP contribution in [0.2, 0.25) is 0 Å². The predicted molar refractivity (Wildman–Crippen MR) is 115 cm³/mol. The SMILES string of the molecule is C=CCn1c(SCc2coc(-c3ccc(C)cc3C)n2)nc2sccc2c1=O. The molecular formula is C21H19N3O2S2. The fourth-order valence-corrected chi connectivity index (χ4v) is 4.71. The molecule has 0 spiro atoms. The summed E-state index contributed by atoms with van der Waals surface area (Å²) < 4.78 is 7.34. The van der Waals surface area contributed by atoms with Gasteiger partial charge in [-0.05, 0) is 36.9 Å². The minimum atomic E-state index is -0.0372. The van der Waals surface area contributed by atoms with Crippen molar-refractivity contribution in [3.05, 3.63) is 75.7 Å². The van der Waals surface area contributed by atoms with E-state index in [0.29, 0.717) is 28.7 Å². The maximum atomic E-state index is 12.7. The van der Waals surface area contributed by atoms with Crippen molar-refractivity contribution in [1.29, 1.82) is 0 Å². The summed E-state index contributed by atoms with van der Waals surface area (Å²) in [6.07, 6.45) is 3.38. The summed E-state index contributed by atoms with van der Waals surface area (Å²) in [7, 11) is 0. The van der Waals surface area contributed by atoms with Crippen molar-refractivity contribution in [1.82, 2.24) is 14.5 Å². The van der Waals surface area contributed by atoms with Crippen molar-refractivity contribution in [2.75, 3.05) is 0 Å². The Morgan fingerprint density at radius 1 is 1.29 bits per heavy atom. The van der Waals surface area contributed by atoms with Crippen LogP contribution < -0.4 is 5.56 Å². The standard InChI is InChI=1S/C21H19N3O2S2/c1-4-8-24-20(25)17-7-9-27-19(17)23-21(24)28-12-15-11-26-18(22-15)16-6-5-13(2)10-14(16)3/h4-7,9-11H,1,8,12H2,2-3H3. The lowest BCUT2D eigenvalue weighted by Crippen LogP contribution is -2.22. The second-order valence-corrected chi connectivity index (χ2v) is 8.33. The molecule has 0 N–H and O–H groups in total. The first-order valence-electron chi connectivity index (χ1n) is 8.80. The first kappa shape index (κ1) is 18.7. The van der Waals surface area contributed by atoms with Gasteiger partial charge < -0.3 is 4.42 Å². The second kappa shape index (κ2) is 7.77. The van der Waals surface area contributed by atoms with Gasteiger partial charge in [0.05, 0.1) is 11.1 Å². The number of fused-ring (bicyclic) bond motifs is 1. The van der Waals surface area contributed by atoms with Gasteiger partial charge in [-0.25, -0.2) is 9.97 Å². The summed E-state index contributed by atoms with van der Waals surface area (Å²) in [5.74, 6) is 1.17. The van der Waals surface area contributed by atoms with Crippen molar-refractivity contribution in [2.45, 2.75) is 31.3 Å². The van der Waals surface area contributed by atoms with E-state index in [1.54, 1.807) is 16.9 Å². The van der Waals surface area contributed by atoms with Crippen LogP contribution in [0.4, 0.5) is 0 Å². The molecule has 1 aromatic carbocycles. The maximum absolute atomic E-state index is 12.7. The number of hydrogen-bond acceptors (Lipinski definition) is 6. The quantitative estimate of drug-likeness (QED) is 0.249. The van der Waals surface area contributed by atoms with Crippen molar-refractivity contribution in [3.63, 3.8) is 0 Å². The fourth-order valence-electron chi connectivity index (χ4n) is 3.02. The van der Waals surface area contributed by atoms with Gasteiger partial charge in [-0.1, -0.05) is 35.5 Å². The van der Waals surface area contributed by atoms with E-state index >= 15 is 0 Å². The normalized spacial score (nSPS) is 11.2. The van der Waals surface area contributed by atoms with Crippen molar-refractivity contribution in [2.24, 2.45) is 0 Å². The van der Waals surface area contributed by atoms with E-state index in [1.165, 1.54) is 28.7 Å². The van der Waals surface area contributed by atoms with E-state index < -0.39 is 0 Å². The molecule has 28 heavy (non-hydrogen) atoms. The Labute approximate surface area is 170 Å². The third-order valence-electron chi connectivity index (χ3n) is 4.37. The van der Waals surface area contributed by atoms with Crippen molar-refractivity contribution in [3.8, 4) is 11.5 Å². The maximum Gasteiger partial charge on any atom is 0.263 e. The number of nitrogens with zero attached hydrogens (tertiary/aromatic N) is 3. The van der Waals surface area contributed by atoms with Gasteiger partial charge in [-0.15, -0.1) is 17.9 Å². The number of thioether (sulfide) groups is 1. The van der Waals surface area contributed by atoms with E-state index in [4.69, 9.17) is 4.42 Å². The van der Waals surface area contributed by atoms with Crippen LogP contribution in [-0.4, -0.2) is 14.5 Å². The molecule has 0 atom stereocenters. The summed E-state index contributed by atoms with van der Waals surface area (Å²) in [6.45, 7) is 8.29. The van der Waals surface area contributed by atoms with Gasteiger partial charge in [-0.2, -0.15) is 0 Å². The Hall–Kier alpha value is -2.64. The Bertz CT molecular complexity index is 1220. The first-order valence-corrected chi connectivity index (χ1v) is 10.7. The second-order valence-electron chi connectivity index (χ2n) is 6.49. The zero-order valence-electron chi connectivity index (χ0n) is 15.6. The van der Waals surface area contributed by atoms with E-state index in [1.807, 2.05) is 17.5 Å². The summed E-state index contributed by atoms with van der Waals surface area (Å²) >= 11 is 2.95. The van der Waals surface area contributed by atoms with E-state index in [2.05, 4.69) is 42.5 Å². The molecule has 0 fully saturated rings. The zero-order valence-corrected chi connectivity index (χ0v) is 17.3. The predicted octanol–water partition coefficient (Wildman–Crippen LogP) is 5.21. The highest BCUT2D eigenvalue weighted by Gasteiger charge is 2.14. The van der Waals surface area contributed by atoms with E-state index in [9.17, 15) is 4.79 Å². The van der Waals surface area contributed by atoms with Crippen LogP contribution in [0.15, 0.2) is 62.9 Å². The molecule has 4 rings (SSSR count). The number of hydrogen-bond donors (Lipinski definition) is 0. The van der Waals surface area contributed by atoms with Gasteiger partial charge in [-0.3, -0.25) is 9.36 Å². The molecule has 0 saturated heterocycles. The minimum absolute atomic E-state index is 0.0372. The third-order valence-corrected chi connectivity index (χ3v) is 6.19. The third kappa shape index (κ3) is 3.55. The number of aromatic nitrogens is 3. The average molecular weight is 410 g/mol. The monoisotopic (exact) mass is 409 g/mol. The van der Waals surface area contributed by atoms with Crippen LogP contribution in [0.25, 0.3) is 21.7 Å². The summed E-state index contributed by atoms with van der Waals surface area (Å²) in [4.78, 5) is 22.7. The molecule has 0 aliphatic carbocycles. The lowest BCUT2D eigenvalue weighted by molar-refractivity contribution is 0.573. The van der Waals surface area contributed by atoms with Gasteiger partial charge >= 0.3 is 0 Å². The number of oxazole rings is 1. The van der Waals surface area contributed by atoms with Crippen molar-refractivity contribution < 1.29 is 4.42 Å². The Morgan fingerprint density at radius 2 is 2.14 bits per heavy atom. The average Bonchev–Trinajstić information content (AvgIpc) is 3.32. The molecule has 0 bridgehead atoms. The number of rotatable bonds is 6. The topological polar surface area (TPSA) is 60.9 Å². The van der Waals surface area contributed by atoms with Crippen molar-refractivity contribution >= 4 is 33.3 Å². The van der Waals surface area contributed by atoms with Gasteiger partial charge in [0.25, 0.3) is 5.56 Å². The lowest BCUT2D eigenvalue weighted by Gasteiger charge is -2.09. The van der Waals surface area contributed by atoms with Gasteiger partial charge in [0.15, 0.2) is 5.16 Å². The number of allylic oxidation sites excluding steroid dienone is 1. The number of aryl methyl sites for hydroxylation is 2. The van der Waals surface area contributed by atoms with Gasteiger partial charge in [0, 0.05) is 17.9 Å². The number of thiophene rings is 1. The first-order chi connectivity index (χ1) is 13.6. The molecule has 0 unspecified atom stereocenters. The lowest BCUT2D eigenvalue weighted by atomic mass is 10.1. The smallest absolute Gasteiger partial charge is 0.263 e. The molecule has 142 valence electrons. The highest BCUT2D eigenvalue weighted by Crippen LogP contribution is 2.27. The molecule has 3 heterocycles. The fraction of sp³-hybridized carbons (Fsp3) is 0.190. The molecule has 0 aliphatic heterocycles. The minimum Gasteiger partial charge on any atom is -0.444 e. The molecule has 3 aromatic heterocycles. The van der Waals surface area contributed by atoms with Gasteiger partial charge in [0.2, 0.25) is 5.89 Å². The Balaban J connectivity index is 1.60. The summed E-state index contributed by atoms with van der Waals surface area (Å²) in [5.41, 5.74) is 4.10. The largest absolute Gasteiger partial charge is 0.444 e. The van der Waals surface area contributed by atoms with Crippen LogP contribution in [0.1, 0.15) is 16.8 Å². The van der Waals surface area contributed by atoms with Crippen LogP contribution in [0.5, 0.6) is 0 Å². The molecule has 0 saturated carbocycles. The summed E-state index contributed by atoms with van der Waals surface area (Å²) in [6, 6.07) is 8.01. The highest BCUT2D eigenvalue weighted by atomic mass is 32.2. The molecule has 4 aromatic rings. The Kier molecular flexibility index (Phi) is 5.19. The molecule has 5 nitrogen and oxygen atoms in total. The van der Waals surface area contributed by atoms with Crippen LogP contribution in [0, 0.1) is 13.8 Å². The molecule has 0 aliphatic rings. The van der Waals surface area contributed by atoms with E-state index in [0.717, 1.165) is 21.7 Å². The van der Waals surface area contributed by atoms with Crippen LogP contribution in [-0.2, 0) is 12.3 Å². The Morgan fingerprint density at radius 3 is 2.93 bits per heavy atom. The molecule has 0 radical (unpaired) electrons. The molecule has 0 amide bonds. The van der Waals surface area contributed by atoms with Crippen LogP contribution in [0.3, 0.4) is 0 Å². The zero-order chi connectivity index (χ0) is 19.7. The summed E-state index contributed by atoms with van der Waals surface area (Å²) in [5, 5.41) is 3.20. The molecular weight excluding hydrogens is 390 g/mol. The van der Waals surface area contributed by atoms with E-state index in [-0.39, 0.29) is 5.56 Å². The highest BCUT2D eigenvalue weighted by molar-refractivity contribution is 7.98. The molecule has 7 heteroatoms.